The summed E-state index contributed by atoms with van der Waals surface area (Å²) in [5.74, 6) is -0.0925. The number of unbranched alkanes of at least 4 members (excludes halogenated alkanes) is 1. The molecule has 0 spiro atoms. The summed E-state index contributed by atoms with van der Waals surface area (Å²) < 4.78 is 0. The highest BCUT2D eigenvalue weighted by Crippen LogP contribution is 2.30. The lowest BCUT2D eigenvalue weighted by molar-refractivity contribution is -0.144. The maximum absolute atomic E-state index is 11.3. The average molecular weight is 227 g/mol. The third-order valence-electron chi connectivity index (χ3n) is 3.11. The summed E-state index contributed by atoms with van der Waals surface area (Å²) >= 11 is 0. The summed E-state index contributed by atoms with van der Waals surface area (Å²) in [7, 11) is 0. The van der Waals surface area contributed by atoms with Crippen molar-refractivity contribution in [3.8, 4) is 0 Å². The highest BCUT2D eigenvalue weighted by molar-refractivity contribution is 5.73. The van der Waals surface area contributed by atoms with Gasteiger partial charge in [0.1, 0.15) is 6.04 Å². The Balaban J connectivity index is 2.58. The number of carboxylic acid groups (broad SMARTS) is 1. The van der Waals surface area contributed by atoms with Crippen LogP contribution in [-0.4, -0.2) is 34.6 Å². The summed E-state index contributed by atoms with van der Waals surface area (Å²) in [6, 6.07) is 0.287. The van der Waals surface area contributed by atoms with E-state index in [1.54, 1.807) is 0 Å². The number of nitrogens with zero attached hydrogens (tertiary/aromatic N) is 1. The van der Waals surface area contributed by atoms with Gasteiger partial charge in [0, 0.05) is 12.6 Å². The Labute approximate surface area is 98.8 Å². The molecule has 0 aromatic heterocycles. The van der Waals surface area contributed by atoms with Crippen molar-refractivity contribution in [1.29, 1.82) is 0 Å². The van der Waals surface area contributed by atoms with Crippen molar-refractivity contribution in [1.82, 2.24) is 4.90 Å². The van der Waals surface area contributed by atoms with Crippen LogP contribution >= 0.6 is 0 Å². The van der Waals surface area contributed by atoms with E-state index in [4.69, 9.17) is 0 Å². The van der Waals surface area contributed by atoms with E-state index in [2.05, 4.69) is 25.7 Å². The zero-order valence-corrected chi connectivity index (χ0v) is 10.8. The largest absolute Gasteiger partial charge is 0.480 e. The number of rotatable bonds is 8. The maximum Gasteiger partial charge on any atom is 0.320 e. The first-order chi connectivity index (χ1) is 7.56. The van der Waals surface area contributed by atoms with Crippen LogP contribution in [0.5, 0.6) is 0 Å². The van der Waals surface area contributed by atoms with E-state index in [9.17, 15) is 9.90 Å². The minimum atomic E-state index is -0.638. The summed E-state index contributed by atoms with van der Waals surface area (Å²) in [6.07, 6.45) is 5.25. The van der Waals surface area contributed by atoms with Gasteiger partial charge in [-0.1, -0.05) is 33.6 Å². The van der Waals surface area contributed by atoms with E-state index in [1.807, 2.05) is 0 Å². The average Bonchev–Trinajstić information content (AvgIpc) is 2.98. The molecule has 0 aromatic rings. The van der Waals surface area contributed by atoms with E-state index in [0.29, 0.717) is 12.0 Å². The van der Waals surface area contributed by atoms with Crippen LogP contribution in [0.4, 0.5) is 0 Å². The molecule has 0 amide bonds. The van der Waals surface area contributed by atoms with E-state index in [0.717, 1.165) is 25.8 Å². The molecule has 0 radical (unpaired) electrons. The molecule has 0 bridgehead atoms. The monoisotopic (exact) mass is 227 g/mol. The van der Waals surface area contributed by atoms with Gasteiger partial charge < -0.3 is 5.11 Å². The van der Waals surface area contributed by atoms with Crippen molar-refractivity contribution in [3.63, 3.8) is 0 Å². The van der Waals surface area contributed by atoms with Gasteiger partial charge in [-0.25, -0.2) is 0 Å². The van der Waals surface area contributed by atoms with Crippen LogP contribution in [0, 0.1) is 5.92 Å². The van der Waals surface area contributed by atoms with Gasteiger partial charge in [0.05, 0.1) is 0 Å². The van der Waals surface area contributed by atoms with Crippen molar-refractivity contribution >= 4 is 5.97 Å². The van der Waals surface area contributed by atoms with E-state index >= 15 is 0 Å². The van der Waals surface area contributed by atoms with Crippen LogP contribution in [0.3, 0.4) is 0 Å². The number of carbonyl (C=O) groups is 1. The van der Waals surface area contributed by atoms with Gasteiger partial charge in [-0.3, -0.25) is 9.69 Å². The normalized spacial score (nSPS) is 18.1. The molecule has 1 fully saturated rings. The van der Waals surface area contributed by atoms with Gasteiger partial charge in [0.25, 0.3) is 0 Å². The number of hydrogen-bond acceptors (Lipinski definition) is 2. The first-order valence-corrected chi connectivity index (χ1v) is 6.54. The number of carboxylic acids is 1. The Hall–Kier alpha value is -0.570. The highest BCUT2D eigenvalue weighted by atomic mass is 16.4. The van der Waals surface area contributed by atoms with Gasteiger partial charge in [-0.2, -0.15) is 0 Å². The summed E-state index contributed by atoms with van der Waals surface area (Å²) in [5.41, 5.74) is 0. The molecule has 94 valence electrons. The van der Waals surface area contributed by atoms with Crippen LogP contribution in [0.2, 0.25) is 0 Å². The second kappa shape index (κ2) is 6.24. The molecule has 1 rings (SSSR count). The minimum absolute atomic E-state index is 0.255. The van der Waals surface area contributed by atoms with Crippen LogP contribution in [0.25, 0.3) is 0 Å². The lowest BCUT2D eigenvalue weighted by Crippen LogP contribution is -2.44. The Kier molecular flexibility index (Phi) is 5.26. The fourth-order valence-corrected chi connectivity index (χ4v) is 2.19. The third-order valence-corrected chi connectivity index (χ3v) is 3.11. The standard InChI is InChI=1S/C13H25NO2/c1-4-5-6-12(13(15)16)14(9-10(2)3)11-7-8-11/h10-12H,4-9H2,1-3H3,(H,15,16). The molecule has 1 unspecified atom stereocenters. The first kappa shape index (κ1) is 13.5. The molecular formula is C13H25NO2. The van der Waals surface area contributed by atoms with E-state index in [-0.39, 0.29) is 6.04 Å². The quantitative estimate of drug-likeness (QED) is 0.693. The Morgan fingerprint density at radius 3 is 2.44 bits per heavy atom. The molecule has 3 nitrogen and oxygen atoms in total. The van der Waals surface area contributed by atoms with Crippen molar-refractivity contribution < 1.29 is 9.90 Å². The summed E-state index contributed by atoms with van der Waals surface area (Å²) in [5, 5.41) is 9.32. The third kappa shape index (κ3) is 4.12. The van der Waals surface area contributed by atoms with Crippen LogP contribution in [-0.2, 0) is 4.79 Å². The van der Waals surface area contributed by atoms with E-state index < -0.39 is 5.97 Å². The zero-order valence-electron chi connectivity index (χ0n) is 10.8. The highest BCUT2D eigenvalue weighted by Gasteiger charge is 2.36. The van der Waals surface area contributed by atoms with Crippen molar-refractivity contribution in [2.24, 2.45) is 5.92 Å². The minimum Gasteiger partial charge on any atom is -0.480 e. The predicted molar refractivity (Wildman–Crippen MR) is 65.5 cm³/mol. The Bertz CT molecular complexity index is 224. The zero-order chi connectivity index (χ0) is 12.1. The van der Waals surface area contributed by atoms with Crippen molar-refractivity contribution in [2.75, 3.05) is 6.54 Å². The molecule has 1 aliphatic carbocycles. The summed E-state index contributed by atoms with van der Waals surface area (Å²) in [6.45, 7) is 7.36. The van der Waals surface area contributed by atoms with Gasteiger partial charge in [0.2, 0.25) is 0 Å². The first-order valence-electron chi connectivity index (χ1n) is 6.54. The van der Waals surface area contributed by atoms with E-state index in [1.165, 1.54) is 12.8 Å². The second-order valence-electron chi connectivity index (χ2n) is 5.32. The van der Waals surface area contributed by atoms with Crippen molar-refractivity contribution in [3.05, 3.63) is 0 Å². The lowest BCUT2D eigenvalue weighted by Gasteiger charge is -2.30. The molecule has 3 heteroatoms. The molecule has 0 saturated heterocycles. The van der Waals surface area contributed by atoms with Gasteiger partial charge in [-0.15, -0.1) is 0 Å². The fourth-order valence-electron chi connectivity index (χ4n) is 2.19. The molecule has 1 aliphatic rings. The predicted octanol–water partition coefficient (Wildman–Crippen LogP) is 2.75. The van der Waals surface area contributed by atoms with Gasteiger partial charge in [-0.05, 0) is 25.2 Å². The maximum atomic E-state index is 11.3. The molecule has 0 aliphatic heterocycles. The van der Waals surface area contributed by atoms with Gasteiger partial charge in [0.15, 0.2) is 0 Å². The number of aliphatic carboxylic acids is 1. The lowest BCUT2D eigenvalue weighted by atomic mass is 10.1. The molecule has 1 atom stereocenters. The van der Waals surface area contributed by atoms with Crippen LogP contribution in [0.1, 0.15) is 52.9 Å². The Morgan fingerprint density at radius 1 is 1.44 bits per heavy atom. The SMILES string of the molecule is CCCCC(C(=O)O)N(CC(C)C)C1CC1. The van der Waals surface area contributed by atoms with Crippen molar-refractivity contribution in [2.45, 2.75) is 65.0 Å². The second-order valence-corrected chi connectivity index (χ2v) is 5.32. The van der Waals surface area contributed by atoms with Crippen LogP contribution in [0.15, 0.2) is 0 Å². The van der Waals surface area contributed by atoms with Crippen LogP contribution < -0.4 is 0 Å². The van der Waals surface area contributed by atoms with Gasteiger partial charge >= 0.3 is 5.97 Å². The topological polar surface area (TPSA) is 40.5 Å². The fraction of sp³-hybridized carbons (Fsp3) is 0.923. The number of hydrogen-bond donors (Lipinski definition) is 1. The molecule has 0 aromatic carbocycles. The molecule has 16 heavy (non-hydrogen) atoms. The molecule has 1 N–H and O–H groups in total. The molecular weight excluding hydrogens is 202 g/mol. The molecule has 1 saturated carbocycles. The molecule has 0 heterocycles. The Morgan fingerprint density at radius 2 is 2.06 bits per heavy atom. The smallest absolute Gasteiger partial charge is 0.320 e. The summed E-state index contributed by atoms with van der Waals surface area (Å²) in [4.78, 5) is 13.5.